The van der Waals surface area contributed by atoms with Crippen LogP contribution in [0.5, 0.6) is 5.75 Å². The van der Waals surface area contributed by atoms with Gasteiger partial charge in [0.25, 0.3) is 0 Å². The summed E-state index contributed by atoms with van der Waals surface area (Å²) in [6, 6.07) is 18.5. The summed E-state index contributed by atoms with van der Waals surface area (Å²) >= 11 is 1.50. The summed E-state index contributed by atoms with van der Waals surface area (Å²) < 4.78 is 5.17. The van der Waals surface area contributed by atoms with Crippen molar-refractivity contribution in [2.75, 3.05) is 7.11 Å². The van der Waals surface area contributed by atoms with E-state index in [9.17, 15) is 5.26 Å². The summed E-state index contributed by atoms with van der Waals surface area (Å²) in [5.41, 5.74) is 4.86. The number of thiazole rings is 1. The van der Waals surface area contributed by atoms with Gasteiger partial charge in [-0.1, -0.05) is 49.7 Å². The Bertz CT molecular complexity index is 947. The second-order valence-electron chi connectivity index (χ2n) is 6.28. The largest absolute Gasteiger partial charge is 0.497 e. The molecule has 0 unspecified atom stereocenters. The molecule has 0 N–H and O–H groups in total. The summed E-state index contributed by atoms with van der Waals surface area (Å²) in [4.78, 5) is 4.68. The van der Waals surface area contributed by atoms with Crippen molar-refractivity contribution in [3.63, 3.8) is 0 Å². The van der Waals surface area contributed by atoms with E-state index in [1.807, 2.05) is 35.7 Å². The third-order valence-corrected chi connectivity index (χ3v) is 5.23. The molecule has 1 aromatic heterocycles. The number of methoxy groups -OCH3 is 1. The van der Waals surface area contributed by atoms with Crippen molar-refractivity contribution in [1.29, 1.82) is 5.26 Å². The van der Waals surface area contributed by atoms with E-state index in [0.29, 0.717) is 5.57 Å². The smallest absolute Gasteiger partial charge is 0.134 e. The second kappa shape index (κ2) is 9.16. The van der Waals surface area contributed by atoms with Crippen molar-refractivity contribution in [2.45, 2.75) is 26.2 Å². The Balaban J connectivity index is 1.80. The second-order valence-corrected chi connectivity index (χ2v) is 7.14. The number of nitrogens with zero attached hydrogens (tertiary/aromatic N) is 2. The lowest BCUT2D eigenvalue weighted by Crippen LogP contribution is -1.86. The Labute approximate surface area is 164 Å². The Morgan fingerprint density at radius 2 is 1.89 bits per heavy atom. The molecule has 0 bridgehead atoms. The van der Waals surface area contributed by atoms with Crippen LogP contribution in [0.1, 0.15) is 35.9 Å². The summed E-state index contributed by atoms with van der Waals surface area (Å²) in [5, 5.41) is 12.3. The standard InChI is InChI=1S/C23H22N2OS/c1-3-4-5-17-6-10-19(11-7-17)22-16-27-23(25-22)20(15-24)14-18-8-12-21(26-2)13-9-18/h6-14,16H,3-5H2,1-2H3/b20-14+. The topological polar surface area (TPSA) is 45.9 Å². The molecular formula is C23H22N2OS. The number of nitriles is 1. The lowest BCUT2D eigenvalue weighted by atomic mass is 10.1. The number of unbranched alkanes of at least 4 members (excludes halogenated alkanes) is 1. The van der Waals surface area contributed by atoms with Crippen LogP contribution in [0.15, 0.2) is 53.9 Å². The van der Waals surface area contributed by atoms with Crippen LogP contribution in [-0.4, -0.2) is 12.1 Å². The van der Waals surface area contributed by atoms with Crippen molar-refractivity contribution in [2.24, 2.45) is 0 Å². The Hall–Kier alpha value is -2.90. The molecule has 4 heteroatoms. The molecule has 3 aromatic rings. The first kappa shape index (κ1) is 18.9. The van der Waals surface area contributed by atoms with Crippen LogP contribution >= 0.6 is 11.3 Å². The molecule has 0 aliphatic heterocycles. The summed E-state index contributed by atoms with van der Waals surface area (Å²) in [6.45, 7) is 2.21. The highest BCUT2D eigenvalue weighted by molar-refractivity contribution is 7.11. The molecule has 27 heavy (non-hydrogen) atoms. The average molecular weight is 375 g/mol. The normalized spacial score (nSPS) is 11.2. The molecule has 0 atom stereocenters. The first-order valence-corrected chi connectivity index (χ1v) is 9.92. The maximum Gasteiger partial charge on any atom is 0.134 e. The van der Waals surface area contributed by atoms with E-state index in [-0.39, 0.29) is 0 Å². The van der Waals surface area contributed by atoms with Crippen LogP contribution in [0.3, 0.4) is 0 Å². The quantitative estimate of drug-likeness (QED) is 0.461. The molecule has 1 heterocycles. The predicted octanol–water partition coefficient (Wildman–Crippen LogP) is 6.23. The van der Waals surface area contributed by atoms with E-state index in [1.165, 1.54) is 29.7 Å². The van der Waals surface area contributed by atoms with Gasteiger partial charge in [-0.3, -0.25) is 0 Å². The number of hydrogen-bond donors (Lipinski definition) is 0. The number of benzene rings is 2. The van der Waals surface area contributed by atoms with E-state index in [4.69, 9.17) is 4.74 Å². The summed E-state index contributed by atoms with van der Waals surface area (Å²) in [7, 11) is 1.64. The lowest BCUT2D eigenvalue weighted by molar-refractivity contribution is 0.415. The molecule has 3 nitrogen and oxygen atoms in total. The molecule has 0 amide bonds. The number of allylic oxidation sites excluding steroid dienone is 1. The van der Waals surface area contributed by atoms with E-state index in [1.54, 1.807) is 7.11 Å². The van der Waals surface area contributed by atoms with Crippen molar-refractivity contribution in [3.8, 4) is 23.1 Å². The highest BCUT2D eigenvalue weighted by Gasteiger charge is 2.09. The van der Waals surface area contributed by atoms with Gasteiger partial charge in [-0.15, -0.1) is 11.3 Å². The van der Waals surface area contributed by atoms with Gasteiger partial charge in [0.15, 0.2) is 0 Å². The number of hydrogen-bond acceptors (Lipinski definition) is 4. The van der Waals surface area contributed by atoms with Gasteiger partial charge in [0.2, 0.25) is 0 Å². The third kappa shape index (κ3) is 4.84. The fourth-order valence-corrected chi connectivity index (χ4v) is 3.56. The molecule has 0 aliphatic carbocycles. The third-order valence-electron chi connectivity index (χ3n) is 4.35. The summed E-state index contributed by atoms with van der Waals surface area (Å²) in [6.07, 6.45) is 5.38. The van der Waals surface area contributed by atoms with Crippen LogP contribution in [0.4, 0.5) is 0 Å². The molecule has 0 spiro atoms. The minimum atomic E-state index is 0.566. The van der Waals surface area contributed by atoms with Crippen molar-refractivity contribution in [3.05, 3.63) is 70.0 Å². The molecule has 0 fully saturated rings. The maximum atomic E-state index is 9.56. The molecular weight excluding hydrogens is 352 g/mol. The SMILES string of the molecule is CCCCc1ccc(-c2csc(/C(C#N)=C/c3ccc(OC)cc3)n2)cc1. The van der Waals surface area contributed by atoms with E-state index in [0.717, 1.165) is 34.0 Å². The van der Waals surface area contributed by atoms with Crippen LogP contribution in [0, 0.1) is 11.3 Å². The fraction of sp³-hybridized carbons (Fsp3) is 0.217. The number of rotatable bonds is 7. The van der Waals surface area contributed by atoms with Crippen LogP contribution in [0.25, 0.3) is 22.9 Å². The molecule has 136 valence electrons. The van der Waals surface area contributed by atoms with Gasteiger partial charge in [0.05, 0.1) is 18.4 Å². The Morgan fingerprint density at radius 3 is 2.52 bits per heavy atom. The van der Waals surface area contributed by atoms with Crippen LogP contribution < -0.4 is 4.74 Å². The van der Waals surface area contributed by atoms with Gasteiger partial charge in [0.1, 0.15) is 16.8 Å². The Morgan fingerprint density at radius 1 is 1.15 bits per heavy atom. The first-order chi connectivity index (χ1) is 13.2. The van der Waals surface area contributed by atoms with Gasteiger partial charge in [-0.2, -0.15) is 5.26 Å². The lowest BCUT2D eigenvalue weighted by Gasteiger charge is -2.02. The highest BCUT2D eigenvalue weighted by Crippen LogP contribution is 2.28. The molecule has 0 radical (unpaired) electrons. The Kier molecular flexibility index (Phi) is 6.40. The number of aromatic nitrogens is 1. The zero-order chi connectivity index (χ0) is 19.1. The van der Waals surface area contributed by atoms with Crippen LogP contribution in [-0.2, 0) is 6.42 Å². The van der Waals surface area contributed by atoms with Crippen molar-refractivity contribution >= 4 is 23.0 Å². The monoisotopic (exact) mass is 374 g/mol. The zero-order valence-electron chi connectivity index (χ0n) is 15.6. The molecule has 3 rings (SSSR count). The fourth-order valence-electron chi connectivity index (χ4n) is 2.76. The molecule has 0 saturated heterocycles. The summed E-state index contributed by atoms with van der Waals surface area (Å²) in [5.74, 6) is 0.796. The highest BCUT2D eigenvalue weighted by atomic mass is 32.1. The van der Waals surface area contributed by atoms with E-state index >= 15 is 0 Å². The number of ether oxygens (including phenoxy) is 1. The van der Waals surface area contributed by atoms with Gasteiger partial charge < -0.3 is 4.74 Å². The van der Waals surface area contributed by atoms with Gasteiger partial charge in [0, 0.05) is 10.9 Å². The van der Waals surface area contributed by atoms with Gasteiger partial charge >= 0.3 is 0 Å². The van der Waals surface area contributed by atoms with Crippen molar-refractivity contribution < 1.29 is 4.74 Å². The zero-order valence-corrected chi connectivity index (χ0v) is 16.4. The van der Waals surface area contributed by atoms with E-state index < -0.39 is 0 Å². The van der Waals surface area contributed by atoms with Crippen LogP contribution in [0.2, 0.25) is 0 Å². The predicted molar refractivity (Wildman–Crippen MR) is 113 cm³/mol. The van der Waals surface area contributed by atoms with Crippen molar-refractivity contribution in [1.82, 2.24) is 4.98 Å². The maximum absolute atomic E-state index is 9.56. The molecule has 2 aromatic carbocycles. The molecule has 0 aliphatic rings. The van der Waals surface area contributed by atoms with Gasteiger partial charge in [-0.05, 0) is 42.2 Å². The molecule has 0 saturated carbocycles. The van der Waals surface area contributed by atoms with E-state index in [2.05, 4.69) is 42.2 Å². The average Bonchev–Trinajstić information content (AvgIpc) is 3.21. The van der Waals surface area contributed by atoms with Gasteiger partial charge in [-0.25, -0.2) is 4.98 Å². The minimum Gasteiger partial charge on any atom is -0.497 e. The minimum absolute atomic E-state index is 0.566. The first-order valence-electron chi connectivity index (χ1n) is 9.04. The number of aryl methyl sites for hydroxylation is 1.